The quantitative estimate of drug-likeness (QED) is 0.497. The molecule has 1 atom stereocenters. The molecule has 2 aliphatic rings. The summed E-state index contributed by atoms with van der Waals surface area (Å²) in [5.74, 6) is 1.97. The number of hydrogen-bond donors (Lipinski definition) is 1. The molecule has 0 unspecified atom stereocenters. The molecule has 0 saturated carbocycles. The van der Waals surface area contributed by atoms with Gasteiger partial charge in [-0.05, 0) is 68.8 Å². The normalized spacial score (nSPS) is 17.2. The van der Waals surface area contributed by atoms with Crippen molar-refractivity contribution in [3.63, 3.8) is 0 Å². The van der Waals surface area contributed by atoms with Crippen molar-refractivity contribution in [3.05, 3.63) is 83.2 Å². The molecule has 2 aliphatic heterocycles. The van der Waals surface area contributed by atoms with E-state index in [4.69, 9.17) is 9.73 Å². The van der Waals surface area contributed by atoms with Gasteiger partial charge in [0.15, 0.2) is 5.75 Å². The summed E-state index contributed by atoms with van der Waals surface area (Å²) in [5.41, 5.74) is 4.41. The molecule has 0 aromatic heterocycles. The fourth-order valence-corrected chi connectivity index (χ4v) is 4.45. The number of anilines is 1. The van der Waals surface area contributed by atoms with Crippen LogP contribution in [0.15, 0.2) is 65.7 Å². The highest BCUT2D eigenvalue weighted by Crippen LogP contribution is 2.39. The summed E-state index contributed by atoms with van der Waals surface area (Å²) >= 11 is 0. The zero-order valence-corrected chi connectivity index (χ0v) is 19.5. The van der Waals surface area contributed by atoms with E-state index < -0.39 is 0 Å². The predicted molar refractivity (Wildman–Crippen MR) is 132 cm³/mol. The number of hydrogen-bond acceptors (Lipinski definition) is 4. The number of amidine groups is 1. The number of carbonyl (C=O) groups is 1. The highest BCUT2D eigenvalue weighted by molar-refractivity contribution is 6.04. The second-order valence-corrected chi connectivity index (χ2v) is 8.94. The van der Waals surface area contributed by atoms with Crippen LogP contribution in [0.5, 0.6) is 11.5 Å². The van der Waals surface area contributed by atoms with E-state index in [1.807, 2.05) is 44.2 Å². The minimum atomic E-state index is -0.381. The Morgan fingerprint density at radius 1 is 1.03 bits per heavy atom. The minimum Gasteiger partial charge on any atom is -0.454 e. The lowest BCUT2D eigenvalue weighted by Gasteiger charge is -2.41. The van der Waals surface area contributed by atoms with Gasteiger partial charge >= 0.3 is 6.03 Å². The Balaban J connectivity index is 1.41. The Morgan fingerprint density at radius 3 is 2.62 bits per heavy atom. The topological polar surface area (TPSA) is 57.2 Å². The number of benzene rings is 3. The van der Waals surface area contributed by atoms with Crippen molar-refractivity contribution < 1.29 is 13.9 Å². The predicted octanol–water partition coefficient (Wildman–Crippen LogP) is 5.86. The van der Waals surface area contributed by atoms with Crippen LogP contribution in [0.4, 0.5) is 20.6 Å². The zero-order valence-electron chi connectivity index (χ0n) is 19.5. The van der Waals surface area contributed by atoms with E-state index in [1.54, 1.807) is 17.0 Å². The average Bonchev–Trinajstić information content (AvgIpc) is 2.95. The van der Waals surface area contributed by atoms with Gasteiger partial charge in [0.1, 0.15) is 23.1 Å². The van der Waals surface area contributed by atoms with E-state index >= 15 is 0 Å². The van der Waals surface area contributed by atoms with E-state index in [9.17, 15) is 9.18 Å². The number of nitrogens with one attached hydrogen (secondary N) is 1. The number of urea groups is 1. The van der Waals surface area contributed by atoms with Crippen LogP contribution < -0.4 is 10.1 Å². The molecule has 1 fully saturated rings. The number of aliphatic imine (C=N–C) groups is 1. The molecular formula is C27H27FN4O2. The molecule has 174 valence electrons. The number of carbonyl (C=O) groups excluding carboxylic acids is 1. The van der Waals surface area contributed by atoms with Gasteiger partial charge in [-0.15, -0.1) is 0 Å². The number of fused-ring (bicyclic) bond motifs is 2. The maximum absolute atomic E-state index is 13.5. The van der Waals surface area contributed by atoms with Crippen LogP contribution >= 0.6 is 0 Å². The number of piperazine rings is 1. The second kappa shape index (κ2) is 8.82. The van der Waals surface area contributed by atoms with Crippen LogP contribution in [-0.4, -0.2) is 47.3 Å². The van der Waals surface area contributed by atoms with Crippen LogP contribution in [0.1, 0.15) is 23.6 Å². The highest BCUT2D eigenvalue weighted by atomic mass is 19.1. The fourth-order valence-electron chi connectivity index (χ4n) is 4.45. The Hall–Kier alpha value is -3.87. The third-order valence-electron chi connectivity index (χ3n) is 6.20. The zero-order chi connectivity index (χ0) is 23.8. The van der Waals surface area contributed by atoms with Crippen molar-refractivity contribution in [1.82, 2.24) is 9.80 Å². The van der Waals surface area contributed by atoms with E-state index in [0.717, 1.165) is 39.7 Å². The minimum absolute atomic E-state index is 0.0695. The molecule has 3 aromatic rings. The SMILES string of the molecule is Cc1ccc2c(c1)Oc1ccc(C)cc1C(N1CCN(C(=O)Nc3cccc(F)c3)[C@@H](C)C1)=N2. The Kier molecular flexibility index (Phi) is 5.69. The third-order valence-corrected chi connectivity index (χ3v) is 6.20. The van der Waals surface area contributed by atoms with Crippen molar-refractivity contribution in [3.8, 4) is 11.5 Å². The van der Waals surface area contributed by atoms with Crippen LogP contribution in [0, 0.1) is 19.7 Å². The number of nitrogens with zero attached hydrogens (tertiary/aromatic N) is 3. The lowest BCUT2D eigenvalue weighted by atomic mass is 10.1. The lowest BCUT2D eigenvalue weighted by molar-refractivity contribution is 0.145. The van der Waals surface area contributed by atoms with E-state index in [-0.39, 0.29) is 17.9 Å². The summed E-state index contributed by atoms with van der Waals surface area (Å²) in [6, 6.07) is 17.8. The first-order valence-corrected chi connectivity index (χ1v) is 11.4. The molecule has 5 rings (SSSR count). The number of rotatable bonds is 1. The summed E-state index contributed by atoms with van der Waals surface area (Å²) in [7, 11) is 0. The van der Waals surface area contributed by atoms with Gasteiger partial charge in [-0.3, -0.25) is 0 Å². The summed E-state index contributed by atoms with van der Waals surface area (Å²) in [4.78, 5) is 21.9. The maximum atomic E-state index is 13.5. The van der Waals surface area contributed by atoms with Gasteiger partial charge < -0.3 is 19.9 Å². The fraction of sp³-hybridized carbons (Fsp3) is 0.259. The first-order valence-electron chi connectivity index (χ1n) is 11.4. The number of aryl methyl sites for hydroxylation is 2. The van der Waals surface area contributed by atoms with Gasteiger partial charge in [-0.1, -0.05) is 23.8 Å². The van der Waals surface area contributed by atoms with Gasteiger partial charge in [0, 0.05) is 31.4 Å². The molecule has 7 heteroatoms. The molecule has 6 nitrogen and oxygen atoms in total. The van der Waals surface area contributed by atoms with E-state index in [0.29, 0.717) is 25.3 Å². The molecule has 1 N–H and O–H groups in total. The van der Waals surface area contributed by atoms with Crippen molar-refractivity contribution in [2.45, 2.75) is 26.8 Å². The van der Waals surface area contributed by atoms with Crippen LogP contribution in [-0.2, 0) is 0 Å². The van der Waals surface area contributed by atoms with Crippen LogP contribution in [0.3, 0.4) is 0 Å². The molecule has 2 heterocycles. The molecule has 2 amide bonds. The van der Waals surface area contributed by atoms with Gasteiger partial charge in [0.25, 0.3) is 0 Å². The molecule has 0 bridgehead atoms. The number of halogens is 1. The van der Waals surface area contributed by atoms with Gasteiger partial charge in [0.05, 0.1) is 5.56 Å². The molecule has 1 saturated heterocycles. The first kappa shape index (κ1) is 21.9. The lowest BCUT2D eigenvalue weighted by Crippen LogP contribution is -2.56. The van der Waals surface area contributed by atoms with Crippen molar-refractivity contribution in [2.75, 3.05) is 25.0 Å². The molecule has 0 aliphatic carbocycles. The van der Waals surface area contributed by atoms with E-state index in [2.05, 4.69) is 23.2 Å². The first-order chi connectivity index (χ1) is 16.4. The summed E-state index contributed by atoms with van der Waals surface area (Å²) < 4.78 is 19.8. The third kappa shape index (κ3) is 4.33. The molecule has 0 radical (unpaired) electrons. The Labute approximate surface area is 198 Å². The second-order valence-electron chi connectivity index (χ2n) is 8.94. The standard InChI is InChI=1S/C27H27FN4O2/c1-17-8-10-24-22(13-17)26(30-23-9-7-18(2)14-25(23)34-24)31-11-12-32(19(3)16-31)27(33)29-21-6-4-5-20(28)15-21/h4-10,13-15,19H,11-12,16H2,1-3H3,(H,29,33)/t19-/m0/s1. The largest absolute Gasteiger partial charge is 0.454 e. The summed E-state index contributed by atoms with van der Waals surface area (Å²) in [6.45, 7) is 7.85. The molecular weight excluding hydrogens is 431 g/mol. The van der Waals surface area contributed by atoms with Crippen LogP contribution in [0.2, 0.25) is 0 Å². The number of ether oxygens (including phenoxy) is 1. The molecule has 0 spiro atoms. The van der Waals surface area contributed by atoms with Crippen molar-refractivity contribution in [2.24, 2.45) is 4.99 Å². The smallest absolute Gasteiger partial charge is 0.322 e. The molecule has 34 heavy (non-hydrogen) atoms. The highest BCUT2D eigenvalue weighted by Gasteiger charge is 2.31. The maximum Gasteiger partial charge on any atom is 0.322 e. The van der Waals surface area contributed by atoms with E-state index in [1.165, 1.54) is 12.1 Å². The summed E-state index contributed by atoms with van der Waals surface area (Å²) in [5, 5.41) is 2.81. The number of amides is 2. The molecule has 3 aromatic carbocycles. The Morgan fingerprint density at radius 2 is 1.82 bits per heavy atom. The van der Waals surface area contributed by atoms with Crippen LogP contribution in [0.25, 0.3) is 0 Å². The Bertz CT molecular complexity index is 1290. The monoisotopic (exact) mass is 458 g/mol. The van der Waals surface area contributed by atoms with Crippen molar-refractivity contribution in [1.29, 1.82) is 0 Å². The van der Waals surface area contributed by atoms with Crippen molar-refractivity contribution >= 4 is 23.2 Å². The van der Waals surface area contributed by atoms with Gasteiger partial charge in [0.2, 0.25) is 0 Å². The summed E-state index contributed by atoms with van der Waals surface area (Å²) in [6.07, 6.45) is 0. The van der Waals surface area contributed by atoms with Gasteiger partial charge in [-0.2, -0.15) is 0 Å². The average molecular weight is 459 g/mol. The van der Waals surface area contributed by atoms with Gasteiger partial charge in [-0.25, -0.2) is 14.2 Å².